The van der Waals surface area contributed by atoms with Crippen LogP contribution in [0.4, 0.5) is 5.69 Å². The average Bonchev–Trinajstić information content (AvgIpc) is 2.26. The number of aromatic nitrogens is 2. The van der Waals surface area contributed by atoms with Crippen molar-refractivity contribution in [1.82, 2.24) is 9.78 Å². The monoisotopic (exact) mass is 295 g/mol. The van der Waals surface area contributed by atoms with Crippen LogP contribution < -0.4 is 10.9 Å². The van der Waals surface area contributed by atoms with Crippen molar-refractivity contribution in [2.75, 3.05) is 5.32 Å². The van der Waals surface area contributed by atoms with Crippen molar-refractivity contribution >= 4 is 21.6 Å². The highest BCUT2D eigenvalue weighted by Gasteiger charge is 2.25. The normalized spacial score (nSPS) is 22.6. The first-order chi connectivity index (χ1) is 8.11. The molecule has 1 N–H and O–H groups in total. The predicted octanol–water partition coefficient (Wildman–Crippen LogP) is 1.85. The first-order valence-electron chi connectivity index (χ1n) is 5.57. The Labute approximate surface area is 109 Å². The summed E-state index contributed by atoms with van der Waals surface area (Å²) in [5, 5.41) is 7.34. The molecule has 0 atom stereocenters. The van der Waals surface area contributed by atoms with Crippen LogP contribution in [0.2, 0.25) is 0 Å². The Kier molecular flexibility index (Phi) is 3.53. The van der Waals surface area contributed by atoms with E-state index in [4.69, 9.17) is 6.42 Å². The van der Waals surface area contributed by atoms with Gasteiger partial charge in [-0.15, -0.1) is 6.42 Å². The predicted molar refractivity (Wildman–Crippen MR) is 70.8 cm³/mol. The largest absolute Gasteiger partial charge is 0.380 e. The van der Waals surface area contributed by atoms with Gasteiger partial charge in [-0.25, -0.2) is 4.68 Å². The van der Waals surface area contributed by atoms with Gasteiger partial charge < -0.3 is 5.32 Å². The fraction of sp³-hybridized carbons (Fsp3) is 0.500. The molecule has 0 radical (unpaired) electrons. The highest BCUT2D eigenvalue weighted by molar-refractivity contribution is 9.10. The van der Waals surface area contributed by atoms with Gasteiger partial charge in [0.15, 0.2) is 0 Å². The SMILES string of the molecule is C#CCn1ncc(NC2CC(C)C2)c(Br)c1=O. The summed E-state index contributed by atoms with van der Waals surface area (Å²) in [5.41, 5.74) is 0.556. The van der Waals surface area contributed by atoms with Crippen molar-refractivity contribution in [2.45, 2.75) is 32.4 Å². The van der Waals surface area contributed by atoms with E-state index in [1.165, 1.54) is 4.68 Å². The fourth-order valence-electron chi connectivity index (χ4n) is 2.00. The minimum absolute atomic E-state index is 0.193. The summed E-state index contributed by atoms with van der Waals surface area (Å²) in [6.07, 6.45) is 9.09. The van der Waals surface area contributed by atoms with Crippen LogP contribution in [0.1, 0.15) is 19.8 Å². The topological polar surface area (TPSA) is 46.9 Å². The second kappa shape index (κ2) is 4.92. The Balaban J connectivity index is 2.17. The van der Waals surface area contributed by atoms with E-state index in [1.807, 2.05) is 0 Å². The maximum absolute atomic E-state index is 11.8. The first kappa shape index (κ1) is 12.2. The summed E-state index contributed by atoms with van der Waals surface area (Å²) in [4.78, 5) is 11.8. The van der Waals surface area contributed by atoms with Crippen LogP contribution in [0.25, 0.3) is 0 Å². The summed E-state index contributed by atoms with van der Waals surface area (Å²) < 4.78 is 1.76. The third-order valence-corrected chi connectivity index (χ3v) is 3.73. The molecule has 1 saturated carbocycles. The highest BCUT2D eigenvalue weighted by atomic mass is 79.9. The minimum Gasteiger partial charge on any atom is -0.380 e. The van der Waals surface area contributed by atoms with E-state index in [0.29, 0.717) is 10.5 Å². The van der Waals surface area contributed by atoms with Gasteiger partial charge in [0, 0.05) is 6.04 Å². The quantitative estimate of drug-likeness (QED) is 0.866. The number of halogens is 1. The van der Waals surface area contributed by atoms with Gasteiger partial charge in [0.05, 0.1) is 11.9 Å². The van der Waals surface area contributed by atoms with Crippen molar-refractivity contribution in [3.05, 3.63) is 21.0 Å². The highest BCUT2D eigenvalue weighted by Crippen LogP contribution is 2.30. The van der Waals surface area contributed by atoms with Gasteiger partial charge in [-0.05, 0) is 34.7 Å². The van der Waals surface area contributed by atoms with Crippen molar-refractivity contribution in [2.24, 2.45) is 5.92 Å². The zero-order valence-electron chi connectivity index (χ0n) is 9.61. The second-order valence-electron chi connectivity index (χ2n) is 4.46. The van der Waals surface area contributed by atoms with Crippen LogP contribution >= 0.6 is 15.9 Å². The van der Waals surface area contributed by atoms with E-state index >= 15 is 0 Å². The summed E-state index contributed by atoms with van der Waals surface area (Å²) in [7, 11) is 0. The molecule has 90 valence electrons. The van der Waals surface area contributed by atoms with E-state index in [0.717, 1.165) is 24.4 Å². The Hall–Kier alpha value is -1.28. The maximum Gasteiger partial charge on any atom is 0.284 e. The van der Waals surface area contributed by atoms with E-state index in [2.05, 4.69) is 39.2 Å². The summed E-state index contributed by atoms with van der Waals surface area (Å²) in [6.45, 7) is 2.41. The van der Waals surface area contributed by atoms with Gasteiger partial charge in [0.2, 0.25) is 0 Å². The Morgan fingerprint density at radius 2 is 2.41 bits per heavy atom. The average molecular weight is 296 g/mol. The molecule has 0 saturated heterocycles. The molecule has 0 bridgehead atoms. The lowest BCUT2D eigenvalue weighted by Crippen LogP contribution is -2.35. The first-order valence-corrected chi connectivity index (χ1v) is 6.36. The second-order valence-corrected chi connectivity index (χ2v) is 5.25. The van der Waals surface area contributed by atoms with E-state index < -0.39 is 0 Å². The molecular weight excluding hydrogens is 282 g/mol. The number of hydrogen-bond donors (Lipinski definition) is 1. The molecule has 0 aromatic carbocycles. The standard InChI is InChI=1S/C12H14BrN3O/c1-3-4-16-12(17)11(13)10(7-14-16)15-9-5-8(2)6-9/h1,7-9,15H,4-6H2,2H3. The van der Waals surface area contributed by atoms with Crippen molar-refractivity contribution in [3.63, 3.8) is 0 Å². The molecule has 0 aliphatic heterocycles. The smallest absolute Gasteiger partial charge is 0.284 e. The van der Waals surface area contributed by atoms with Gasteiger partial charge >= 0.3 is 0 Å². The molecular formula is C12H14BrN3O. The molecule has 1 heterocycles. The number of rotatable bonds is 3. The zero-order chi connectivity index (χ0) is 12.4. The number of terminal acetylenes is 1. The number of nitrogens with zero attached hydrogens (tertiary/aromatic N) is 2. The number of hydrogen-bond acceptors (Lipinski definition) is 3. The molecule has 2 rings (SSSR count). The lowest BCUT2D eigenvalue weighted by Gasteiger charge is -2.34. The molecule has 1 aliphatic rings. The lowest BCUT2D eigenvalue weighted by molar-refractivity contribution is 0.309. The van der Waals surface area contributed by atoms with Gasteiger partial charge in [0.1, 0.15) is 11.0 Å². The Morgan fingerprint density at radius 1 is 1.71 bits per heavy atom. The van der Waals surface area contributed by atoms with Gasteiger partial charge in [0.25, 0.3) is 5.56 Å². The van der Waals surface area contributed by atoms with E-state index in [9.17, 15) is 4.79 Å². The summed E-state index contributed by atoms with van der Waals surface area (Å²) >= 11 is 3.29. The van der Waals surface area contributed by atoms with E-state index in [1.54, 1.807) is 6.20 Å². The van der Waals surface area contributed by atoms with Crippen LogP contribution in [0.3, 0.4) is 0 Å². The van der Waals surface area contributed by atoms with Crippen molar-refractivity contribution in [3.8, 4) is 12.3 Å². The fourth-order valence-corrected chi connectivity index (χ4v) is 2.43. The summed E-state index contributed by atoms with van der Waals surface area (Å²) in [5.74, 6) is 3.16. The van der Waals surface area contributed by atoms with Crippen LogP contribution in [0, 0.1) is 18.3 Å². The molecule has 1 aromatic heterocycles. The van der Waals surface area contributed by atoms with Crippen molar-refractivity contribution < 1.29 is 0 Å². The van der Waals surface area contributed by atoms with Gasteiger partial charge in [-0.2, -0.15) is 5.10 Å². The number of anilines is 1. The molecule has 0 amide bonds. The van der Waals surface area contributed by atoms with Gasteiger partial charge in [-0.3, -0.25) is 4.79 Å². The molecule has 4 nitrogen and oxygen atoms in total. The third kappa shape index (κ3) is 2.52. The third-order valence-electron chi connectivity index (χ3n) is 2.96. The van der Waals surface area contributed by atoms with Crippen molar-refractivity contribution in [1.29, 1.82) is 0 Å². The lowest BCUT2D eigenvalue weighted by atomic mass is 9.82. The Bertz CT molecular complexity index is 511. The maximum atomic E-state index is 11.8. The zero-order valence-corrected chi connectivity index (χ0v) is 11.2. The number of nitrogens with one attached hydrogen (secondary N) is 1. The minimum atomic E-state index is -0.194. The summed E-state index contributed by atoms with van der Waals surface area (Å²) in [6, 6.07) is 0.450. The van der Waals surface area contributed by atoms with E-state index in [-0.39, 0.29) is 12.1 Å². The molecule has 0 unspecified atom stereocenters. The molecule has 0 spiro atoms. The molecule has 1 fully saturated rings. The van der Waals surface area contributed by atoms with Crippen LogP contribution in [-0.2, 0) is 6.54 Å². The van der Waals surface area contributed by atoms with Crippen LogP contribution in [0.15, 0.2) is 15.5 Å². The van der Waals surface area contributed by atoms with Crippen LogP contribution in [0.5, 0.6) is 0 Å². The van der Waals surface area contributed by atoms with Gasteiger partial charge in [-0.1, -0.05) is 12.8 Å². The molecule has 1 aliphatic carbocycles. The molecule has 17 heavy (non-hydrogen) atoms. The van der Waals surface area contributed by atoms with Crippen LogP contribution in [-0.4, -0.2) is 15.8 Å². The molecule has 5 heteroatoms. The molecule has 1 aromatic rings. The Morgan fingerprint density at radius 3 is 3.00 bits per heavy atom.